The first-order valence-corrected chi connectivity index (χ1v) is 11.9. The van der Waals surface area contributed by atoms with Gasteiger partial charge in [-0.05, 0) is 63.5 Å². The topological polar surface area (TPSA) is 74.6 Å². The highest BCUT2D eigenvalue weighted by Gasteiger charge is 2.21. The molecule has 7 nitrogen and oxygen atoms in total. The molecule has 2 N–H and O–H groups in total. The van der Waals surface area contributed by atoms with Crippen molar-refractivity contribution in [3.63, 3.8) is 0 Å². The van der Waals surface area contributed by atoms with E-state index >= 15 is 0 Å². The summed E-state index contributed by atoms with van der Waals surface area (Å²) in [6.45, 7) is 1.81. The Labute approximate surface area is 189 Å². The van der Waals surface area contributed by atoms with Crippen LogP contribution in [0.5, 0.6) is 0 Å². The van der Waals surface area contributed by atoms with Crippen LogP contribution in [0.1, 0.15) is 55.3 Å². The van der Waals surface area contributed by atoms with E-state index in [1.54, 1.807) is 0 Å². The number of carbonyl (C=O) groups is 1. The summed E-state index contributed by atoms with van der Waals surface area (Å²) in [4.78, 5) is 19.4. The summed E-state index contributed by atoms with van der Waals surface area (Å²) in [5.41, 5.74) is 3.41. The number of hydrogen-bond donors (Lipinski definition) is 2. The molecule has 1 atom stereocenters. The Morgan fingerprint density at radius 2 is 1.84 bits per heavy atom. The summed E-state index contributed by atoms with van der Waals surface area (Å²) in [5.74, 6) is 0.864. The molecule has 0 radical (unpaired) electrons. The molecule has 1 amide bonds. The molecule has 2 aromatic heterocycles. The Balaban J connectivity index is 1.29. The molecule has 2 fully saturated rings. The zero-order valence-corrected chi connectivity index (χ0v) is 18.8. The molecule has 1 aliphatic heterocycles. The summed E-state index contributed by atoms with van der Waals surface area (Å²) in [6, 6.07) is 12.7. The standard InChI is InChI=1S/C25H32N6O/c1-30-15-5-8-21(30)16-27-25(32)19-11-9-18(10-12-19)22-17-26-24-14-13-23(29-31(22)24)28-20-6-3-2-4-7-20/h9-14,17,20-21H,2-8,15-16H2,1H3,(H,27,32)(H,28,29). The molecular weight excluding hydrogens is 400 g/mol. The molecule has 1 saturated carbocycles. The largest absolute Gasteiger partial charge is 0.366 e. The van der Waals surface area contributed by atoms with Crippen LogP contribution in [0.3, 0.4) is 0 Å². The summed E-state index contributed by atoms with van der Waals surface area (Å²) in [7, 11) is 2.12. The average molecular weight is 433 g/mol. The lowest BCUT2D eigenvalue weighted by atomic mass is 9.95. The van der Waals surface area contributed by atoms with E-state index in [9.17, 15) is 4.79 Å². The normalized spacial score (nSPS) is 20.0. The second-order valence-corrected chi connectivity index (χ2v) is 9.18. The number of anilines is 1. The van der Waals surface area contributed by atoms with E-state index in [0.29, 0.717) is 24.2 Å². The number of rotatable bonds is 6. The van der Waals surface area contributed by atoms with Crippen molar-refractivity contribution in [1.29, 1.82) is 0 Å². The average Bonchev–Trinajstić information content (AvgIpc) is 3.44. The number of hydrogen-bond acceptors (Lipinski definition) is 5. The van der Waals surface area contributed by atoms with Gasteiger partial charge in [-0.2, -0.15) is 0 Å². The van der Waals surface area contributed by atoms with Gasteiger partial charge in [-0.15, -0.1) is 5.10 Å². The minimum atomic E-state index is -0.0212. The third-order valence-corrected chi connectivity index (χ3v) is 6.93. The molecule has 7 heteroatoms. The van der Waals surface area contributed by atoms with Gasteiger partial charge in [0.15, 0.2) is 5.65 Å². The van der Waals surface area contributed by atoms with E-state index in [1.165, 1.54) is 38.5 Å². The maximum atomic E-state index is 12.6. The maximum Gasteiger partial charge on any atom is 0.251 e. The van der Waals surface area contributed by atoms with Crippen LogP contribution in [0, 0.1) is 0 Å². The number of amides is 1. The van der Waals surface area contributed by atoms with Crippen LogP contribution in [-0.4, -0.2) is 57.6 Å². The number of nitrogens with one attached hydrogen (secondary N) is 2. The van der Waals surface area contributed by atoms with Crippen LogP contribution in [0.25, 0.3) is 16.9 Å². The van der Waals surface area contributed by atoms with Gasteiger partial charge in [0.25, 0.3) is 5.91 Å². The maximum absolute atomic E-state index is 12.6. The van der Waals surface area contributed by atoms with Crippen molar-refractivity contribution in [1.82, 2.24) is 24.8 Å². The van der Waals surface area contributed by atoms with Crippen molar-refractivity contribution in [3.05, 3.63) is 48.2 Å². The fourth-order valence-electron chi connectivity index (χ4n) is 4.95. The number of nitrogens with zero attached hydrogens (tertiary/aromatic N) is 4. The predicted molar refractivity (Wildman–Crippen MR) is 127 cm³/mol. The number of aromatic nitrogens is 3. The van der Waals surface area contributed by atoms with Crippen LogP contribution in [0.15, 0.2) is 42.6 Å². The lowest BCUT2D eigenvalue weighted by Crippen LogP contribution is -2.38. The zero-order chi connectivity index (χ0) is 21.9. The molecule has 32 heavy (non-hydrogen) atoms. The van der Waals surface area contributed by atoms with Crippen LogP contribution < -0.4 is 10.6 Å². The van der Waals surface area contributed by atoms with Crippen LogP contribution in [0.4, 0.5) is 5.82 Å². The summed E-state index contributed by atoms with van der Waals surface area (Å²) >= 11 is 0. The number of imidazole rings is 1. The highest BCUT2D eigenvalue weighted by atomic mass is 16.1. The quantitative estimate of drug-likeness (QED) is 0.617. The smallest absolute Gasteiger partial charge is 0.251 e. The van der Waals surface area contributed by atoms with E-state index in [-0.39, 0.29) is 5.91 Å². The van der Waals surface area contributed by atoms with E-state index in [0.717, 1.165) is 35.7 Å². The lowest BCUT2D eigenvalue weighted by molar-refractivity contribution is 0.0943. The van der Waals surface area contributed by atoms with Gasteiger partial charge in [0.1, 0.15) is 5.82 Å². The highest BCUT2D eigenvalue weighted by molar-refractivity contribution is 5.94. The fraction of sp³-hybridized carbons (Fsp3) is 0.480. The van der Waals surface area contributed by atoms with Gasteiger partial charge in [0, 0.05) is 29.8 Å². The number of fused-ring (bicyclic) bond motifs is 1. The molecule has 3 aromatic rings. The Morgan fingerprint density at radius 3 is 2.59 bits per heavy atom. The monoisotopic (exact) mass is 432 g/mol. The fourth-order valence-corrected chi connectivity index (χ4v) is 4.95. The van der Waals surface area contributed by atoms with Crippen molar-refractivity contribution < 1.29 is 4.79 Å². The Hall–Kier alpha value is -2.93. The molecule has 5 rings (SSSR count). The van der Waals surface area contributed by atoms with Gasteiger partial charge < -0.3 is 15.5 Å². The first kappa shape index (κ1) is 20.9. The third kappa shape index (κ3) is 4.48. The molecule has 1 aliphatic carbocycles. The summed E-state index contributed by atoms with van der Waals surface area (Å²) < 4.78 is 1.89. The van der Waals surface area contributed by atoms with Gasteiger partial charge in [0.2, 0.25) is 0 Å². The molecule has 0 bridgehead atoms. The van der Waals surface area contributed by atoms with Gasteiger partial charge >= 0.3 is 0 Å². The first-order valence-electron chi connectivity index (χ1n) is 11.9. The Morgan fingerprint density at radius 1 is 1.03 bits per heavy atom. The summed E-state index contributed by atoms with van der Waals surface area (Å²) in [6.07, 6.45) is 10.5. The zero-order valence-electron chi connectivity index (χ0n) is 18.8. The lowest BCUT2D eigenvalue weighted by Gasteiger charge is -2.23. The van der Waals surface area contributed by atoms with Gasteiger partial charge in [-0.1, -0.05) is 31.4 Å². The second-order valence-electron chi connectivity index (χ2n) is 9.18. The molecule has 1 aromatic carbocycles. The van der Waals surface area contributed by atoms with Crippen molar-refractivity contribution >= 4 is 17.4 Å². The van der Waals surface area contributed by atoms with Crippen molar-refractivity contribution in [2.24, 2.45) is 0 Å². The SMILES string of the molecule is CN1CCCC1CNC(=O)c1ccc(-c2cnc3ccc(NC4CCCCC4)nn23)cc1. The molecule has 1 saturated heterocycles. The minimum absolute atomic E-state index is 0.0212. The molecule has 1 unspecified atom stereocenters. The van der Waals surface area contributed by atoms with E-state index in [2.05, 4.69) is 27.6 Å². The van der Waals surface area contributed by atoms with E-state index in [1.807, 2.05) is 47.1 Å². The van der Waals surface area contributed by atoms with Crippen molar-refractivity contribution in [3.8, 4) is 11.3 Å². The number of likely N-dealkylation sites (N-methyl/N-ethyl adjacent to an activating group) is 1. The number of carbonyl (C=O) groups excluding carboxylic acids is 1. The first-order chi connectivity index (χ1) is 15.7. The molecule has 3 heterocycles. The third-order valence-electron chi connectivity index (χ3n) is 6.93. The molecule has 2 aliphatic rings. The Kier molecular flexibility index (Phi) is 6.08. The van der Waals surface area contributed by atoms with Crippen LogP contribution >= 0.6 is 0 Å². The van der Waals surface area contributed by atoms with Crippen LogP contribution in [0.2, 0.25) is 0 Å². The van der Waals surface area contributed by atoms with Gasteiger partial charge in [0.05, 0.1) is 11.9 Å². The minimum Gasteiger partial charge on any atom is -0.366 e. The molecule has 168 valence electrons. The van der Waals surface area contributed by atoms with E-state index < -0.39 is 0 Å². The number of benzene rings is 1. The van der Waals surface area contributed by atoms with Crippen molar-refractivity contribution in [2.45, 2.75) is 57.0 Å². The predicted octanol–water partition coefficient (Wildman–Crippen LogP) is 3.96. The molecule has 0 spiro atoms. The second kappa shape index (κ2) is 9.28. The van der Waals surface area contributed by atoms with Crippen molar-refractivity contribution in [2.75, 3.05) is 25.5 Å². The van der Waals surface area contributed by atoms with E-state index in [4.69, 9.17) is 5.10 Å². The van der Waals surface area contributed by atoms with Gasteiger partial charge in [-0.3, -0.25) is 4.79 Å². The summed E-state index contributed by atoms with van der Waals surface area (Å²) in [5, 5.41) is 11.5. The molecular formula is C25H32N6O. The Bertz CT molecular complexity index is 1070. The highest BCUT2D eigenvalue weighted by Crippen LogP contribution is 2.24. The van der Waals surface area contributed by atoms with Gasteiger partial charge in [-0.25, -0.2) is 9.50 Å². The number of likely N-dealkylation sites (tertiary alicyclic amines) is 1. The van der Waals surface area contributed by atoms with Crippen LogP contribution in [-0.2, 0) is 0 Å².